The number of hydrogen-bond acceptors (Lipinski definition) is 5. The molecule has 1 aromatic carbocycles. The van der Waals surface area contributed by atoms with Crippen LogP contribution in [0.25, 0.3) is 0 Å². The van der Waals surface area contributed by atoms with Gasteiger partial charge in [-0.1, -0.05) is 43.7 Å². The average molecular weight is 470 g/mol. The first-order valence-electron chi connectivity index (χ1n) is 12.0. The van der Waals surface area contributed by atoms with Crippen LogP contribution in [0.2, 0.25) is 0 Å². The molecule has 8 nitrogen and oxygen atoms in total. The number of rotatable bonds is 13. The smallest absolute Gasteiger partial charge is 0.320 e. The number of nitrogens with zero attached hydrogens (tertiary/aromatic N) is 1. The molecule has 1 saturated heterocycles. The Morgan fingerprint density at radius 2 is 1.94 bits per heavy atom. The van der Waals surface area contributed by atoms with Crippen molar-refractivity contribution >= 4 is 17.8 Å². The van der Waals surface area contributed by atoms with Crippen molar-refractivity contribution in [3.8, 4) is 0 Å². The monoisotopic (exact) mass is 469 g/mol. The summed E-state index contributed by atoms with van der Waals surface area (Å²) in [5, 5.41) is 12.6. The van der Waals surface area contributed by atoms with Crippen molar-refractivity contribution < 1.29 is 23.9 Å². The molecule has 34 heavy (non-hydrogen) atoms. The summed E-state index contributed by atoms with van der Waals surface area (Å²) in [5.74, 6) is -1.26. The summed E-state index contributed by atoms with van der Waals surface area (Å²) in [6.07, 6.45) is 5.64. The molecule has 3 unspecified atom stereocenters. The molecule has 1 fully saturated rings. The molecule has 0 saturated carbocycles. The molecule has 1 aliphatic rings. The van der Waals surface area contributed by atoms with E-state index in [1.807, 2.05) is 35.2 Å². The van der Waals surface area contributed by atoms with E-state index in [0.717, 1.165) is 24.8 Å². The molecule has 4 atom stereocenters. The number of nitrogens with one attached hydrogen (secondary N) is 1. The zero-order valence-corrected chi connectivity index (χ0v) is 19.7. The highest BCUT2D eigenvalue weighted by atomic mass is 16.4. The van der Waals surface area contributed by atoms with Gasteiger partial charge in [0.15, 0.2) is 5.76 Å². The molecule has 2 aromatic rings. The Kier molecular flexibility index (Phi) is 9.27. The van der Waals surface area contributed by atoms with E-state index in [0.29, 0.717) is 32.4 Å². The van der Waals surface area contributed by atoms with Crippen molar-refractivity contribution in [1.82, 2.24) is 10.2 Å². The first-order valence-corrected chi connectivity index (χ1v) is 12.0. The first kappa shape index (κ1) is 25.5. The number of carbonyl (C=O) groups excluding carboxylic acids is 2. The molecule has 8 heteroatoms. The highest BCUT2D eigenvalue weighted by Gasteiger charge is 2.37. The first-order chi connectivity index (χ1) is 16.4. The Balaban J connectivity index is 1.57. The van der Waals surface area contributed by atoms with Crippen LogP contribution in [0, 0.1) is 11.8 Å². The Hall–Kier alpha value is -3.13. The second-order valence-electron chi connectivity index (χ2n) is 9.22. The summed E-state index contributed by atoms with van der Waals surface area (Å²) < 4.78 is 5.10. The van der Waals surface area contributed by atoms with Gasteiger partial charge < -0.3 is 20.6 Å². The van der Waals surface area contributed by atoms with E-state index in [1.54, 1.807) is 12.1 Å². The standard InChI is InChI=1S/C26H35N3O5/c1-18(17-28-25(31)23-13-7-15-34-23)8-5-11-20(24(27)30)16-22(19-9-3-2-4-10-19)29-14-6-12-21(29)26(32)33/h2-4,7,9-10,13,15,18,20-22H,5-6,8,11-12,14,16-17H2,1H3,(H2,27,30)(H,28,31)(H,32,33)/t18?,20?,21-,22?/m1/s1. The number of amides is 2. The van der Waals surface area contributed by atoms with Crippen molar-refractivity contribution in [2.75, 3.05) is 13.1 Å². The lowest BCUT2D eigenvalue weighted by atomic mass is 9.88. The molecule has 1 aliphatic heterocycles. The third kappa shape index (κ3) is 6.93. The number of benzene rings is 1. The van der Waals surface area contributed by atoms with Gasteiger partial charge in [0.2, 0.25) is 5.91 Å². The average Bonchev–Trinajstić information content (AvgIpc) is 3.52. The lowest BCUT2D eigenvalue weighted by Crippen LogP contribution is -2.40. The predicted molar refractivity (Wildman–Crippen MR) is 128 cm³/mol. The second-order valence-corrected chi connectivity index (χ2v) is 9.22. The van der Waals surface area contributed by atoms with Crippen LogP contribution in [0.3, 0.4) is 0 Å². The van der Waals surface area contributed by atoms with Gasteiger partial charge in [-0.05, 0) is 62.3 Å². The summed E-state index contributed by atoms with van der Waals surface area (Å²) >= 11 is 0. The molecule has 3 rings (SSSR count). The topological polar surface area (TPSA) is 126 Å². The Bertz CT molecular complexity index is 931. The number of likely N-dealkylation sites (tertiary alicyclic amines) is 1. The van der Waals surface area contributed by atoms with Crippen LogP contribution in [0.5, 0.6) is 0 Å². The van der Waals surface area contributed by atoms with Crippen molar-refractivity contribution in [2.24, 2.45) is 17.6 Å². The van der Waals surface area contributed by atoms with Gasteiger partial charge in [-0.15, -0.1) is 0 Å². The molecule has 184 valence electrons. The highest BCUT2D eigenvalue weighted by molar-refractivity contribution is 5.91. The molecule has 1 aromatic heterocycles. The van der Waals surface area contributed by atoms with Crippen molar-refractivity contribution in [1.29, 1.82) is 0 Å². The third-order valence-corrected chi connectivity index (χ3v) is 6.68. The summed E-state index contributed by atoms with van der Waals surface area (Å²) in [7, 11) is 0. The fraction of sp³-hybridized carbons (Fsp3) is 0.500. The number of carboxylic acids is 1. The number of aliphatic carboxylic acids is 1. The fourth-order valence-electron chi connectivity index (χ4n) is 4.79. The van der Waals surface area contributed by atoms with Crippen LogP contribution in [-0.2, 0) is 9.59 Å². The molecule has 0 radical (unpaired) electrons. The van der Waals surface area contributed by atoms with E-state index in [1.165, 1.54) is 6.26 Å². The number of hydrogen-bond donors (Lipinski definition) is 3. The third-order valence-electron chi connectivity index (χ3n) is 6.68. The van der Waals surface area contributed by atoms with Crippen molar-refractivity contribution in [3.05, 3.63) is 60.1 Å². The molecule has 0 spiro atoms. The van der Waals surface area contributed by atoms with Crippen LogP contribution in [0.4, 0.5) is 0 Å². The normalized spacial score (nSPS) is 18.8. The zero-order chi connectivity index (χ0) is 24.5. The van der Waals surface area contributed by atoms with E-state index < -0.39 is 12.0 Å². The van der Waals surface area contributed by atoms with Gasteiger partial charge in [0, 0.05) is 18.5 Å². The zero-order valence-electron chi connectivity index (χ0n) is 19.7. The number of furan rings is 1. The predicted octanol–water partition coefficient (Wildman–Crippen LogP) is 3.60. The second kappa shape index (κ2) is 12.4. The number of nitrogens with two attached hydrogens (primary N) is 1. The minimum absolute atomic E-state index is 0.174. The van der Waals surface area contributed by atoms with E-state index in [-0.39, 0.29) is 35.5 Å². The lowest BCUT2D eigenvalue weighted by Gasteiger charge is -2.33. The van der Waals surface area contributed by atoms with Crippen LogP contribution in [-0.4, -0.2) is 46.9 Å². The summed E-state index contributed by atoms with van der Waals surface area (Å²) in [6, 6.07) is 12.4. The van der Waals surface area contributed by atoms with E-state index >= 15 is 0 Å². The van der Waals surface area contributed by atoms with Crippen LogP contribution in [0.1, 0.15) is 67.6 Å². The summed E-state index contributed by atoms with van der Waals surface area (Å²) in [5.41, 5.74) is 6.79. The molecular weight excluding hydrogens is 434 g/mol. The Labute approximate surface area is 200 Å². The quantitative estimate of drug-likeness (QED) is 0.412. The molecule has 2 amide bonds. The van der Waals surface area contributed by atoms with Gasteiger partial charge in [0.25, 0.3) is 5.91 Å². The minimum Gasteiger partial charge on any atom is -0.480 e. The maximum atomic E-state index is 12.3. The molecule has 0 bridgehead atoms. The highest BCUT2D eigenvalue weighted by Crippen LogP contribution is 2.35. The van der Waals surface area contributed by atoms with Crippen molar-refractivity contribution in [2.45, 2.75) is 57.5 Å². The molecule has 0 aliphatic carbocycles. The summed E-state index contributed by atoms with van der Waals surface area (Å²) in [6.45, 7) is 3.26. The molecule has 4 N–H and O–H groups in total. The SMILES string of the molecule is CC(CCCC(CC(c1ccccc1)N1CCC[C@@H]1C(=O)O)C(N)=O)CNC(=O)c1ccco1. The minimum atomic E-state index is -0.820. The van der Waals surface area contributed by atoms with Gasteiger partial charge in [-0.25, -0.2) is 0 Å². The van der Waals surface area contributed by atoms with Gasteiger partial charge in [0.1, 0.15) is 6.04 Å². The van der Waals surface area contributed by atoms with E-state index in [2.05, 4.69) is 12.2 Å². The summed E-state index contributed by atoms with van der Waals surface area (Å²) in [4.78, 5) is 38.2. The molecular formula is C26H35N3O5. The van der Waals surface area contributed by atoms with Gasteiger partial charge >= 0.3 is 5.97 Å². The van der Waals surface area contributed by atoms with Crippen LogP contribution >= 0.6 is 0 Å². The molecule has 2 heterocycles. The Morgan fingerprint density at radius 3 is 2.59 bits per heavy atom. The maximum Gasteiger partial charge on any atom is 0.320 e. The number of carboxylic acid groups (broad SMARTS) is 1. The van der Waals surface area contributed by atoms with Gasteiger partial charge in [0.05, 0.1) is 6.26 Å². The largest absolute Gasteiger partial charge is 0.480 e. The fourth-order valence-corrected chi connectivity index (χ4v) is 4.79. The van der Waals surface area contributed by atoms with Crippen LogP contribution < -0.4 is 11.1 Å². The van der Waals surface area contributed by atoms with Crippen molar-refractivity contribution in [3.63, 3.8) is 0 Å². The Morgan fingerprint density at radius 1 is 1.18 bits per heavy atom. The van der Waals surface area contributed by atoms with Gasteiger partial charge in [-0.3, -0.25) is 19.3 Å². The van der Waals surface area contributed by atoms with Crippen LogP contribution in [0.15, 0.2) is 53.1 Å². The van der Waals surface area contributed by atoms with E-state index in [9.17, 15) is 19.5 Å². The lowest BCUT2D eigenvalue weighted by molar-refractivity contribution is -0.143. The van der Waals surface area contributed by atoms with Gasteiger partial charge in [-0.2, -0.15) is 0 Å². The number of primary amides is 1. The maximum absolute atomic E-state index is 12.3. The number of carbonyl (C=O) groups is 3. The van der Waals surface area contributed by atoms with E-state index in [4.69, 9.17) is 10.2 Å².